The molecule has 0 aliphatic rings. The quantitative estimate of drug-likeness (QED) is 0.561. The molecule has 0 saturated heterocycles. The first-order chi connectivity index (χ1) is 8.45. The Hall–Kier alpha value is -1.57. The van der Waals surface area contributed by atoms with Crippen LogP contribution < -0.4 is 16.7 Å². The largest absolute Gasteiger partial charge is 0.353 e. The molecule has 1 aromatic heterocycles. The van der Waals surface area contributed by atoms with Crippen LogP contribution >= 0.6 is 11.8 Å². The third kappa shape index (κ3) is 3.73. The SMILES string of the molecule is CC[C@@H](C)NC(=O)CSc1nnc(C)c(=O)n1N. The van der Waals surface area contributed by atoms with Crippen molar-refractivity contribution in [3.05, 3.63) is 16.0 Å². The number of aryl methyl sites for hydroxylation is 1. The Morgan fingerprint density at radius 2 is 2.22 bits per heavy atom. The summed E-state index contributed by atoms with van der Waals surface area (Å²) >= 11 is 1.08. The molecule has 0 aliphatic carbocycles. The maximum atomic E-state index is 11.5. The second-order valence-corrected chi connectivity index (χ2v) is 4.85. The van der Waals surface area contributed by atoms with Gasteiger partial charge in [-0.3, -0.25) is 9.59 Å². The van der Waals surface area contributed by atoms with Crippen LogP contribution in [0.2, 0.25) is 0 Å². The molecule has 0 saturated carbocycles. The highest BCUT2D eigenvalue weighted by Crippen LogP contribution is 2.10. The van der Waals surface area contributed by atoms with Gasteiger partial charge in [0.15, 0.2) is 0 Å². The molecule has 1 amide bonds. The summed E-state index contributed by atoms with van der Waals surface area (Å²) < 4.78 is 0.906. The lowest BCUT2D eigenvalue weighted by Crippen LogP contribution is -2.35. The predicted molar refractivity (Wildman–Crippen MR) is 69.8 cm³/mol. The van der Waals surface area contributed by atoms with E-state index in [9.17, 15) is 9.59 Å². The van der Waals surface area contributed by atoms with Gasteiger partial charge in [0.25, 0.3) is 5.56 Å². The highest BCUT2D eigenvalue weighted by Gasteiger charge is 2.11. The fraction of sp³-hybridized carbons (Fsp3) is 0.600. The van der Waals surface area contributed by atoms with Crippen LogP contribution in [0.3, 0.4) is 0 Å². The summed E-state index contributed by atoms with van der Waals surface area (Å²) in [6.07, 6.45) is 0.863. The molecule has 0 fully saturated rings. The summed E-state index contributed by atoms with van der Waals surface area (Å²) in [5, 5.41) is 10.5. The van der Waals surface area contributed by atoms with Crippen LogP contribution in [-0.2, 0) is 4.79 Å². The number of nitrogens with two attached hydrogens (primary N) is 1. The number of rotatable bonds is 5. The molecule has 0 spiro atoms. The molecule has 0 aromatic carbocycles. The minimum absolute atomic E-state index is 0.121. The standard InChI is InChI=1S/C10H17N5O2S/c1-4-6(2)12-8(16)5-18-10-14-13-7(3)9(17)15(10)11/h6H,4-5,11H2,1-3H3,(H,12,16)/t6-/m1/s1. The van der Waals surface area contributed by atoms with E-state index in [0.29, 0.717) is 0 Å². The van der Waals surface area contributed by atoms with Gasteiger partial charge in [-0.25, -0.2) is 0 Å². The van der Waals surface area contributed by atoms with E-state index in [1.54, 1.807) is 0 Å². The Bertz CT molecular complexity index is 488. The Morgan fingerprint density at radius 3 is 2.83 bits per heavy atom. The Balaban J connectivity index is 2.62. The topological polar surface area (TPSA) is 103 Å². The van der Waals surface area contributed by atoms with Gasteiger partial charge >= 0.3 is 0 Å². The molecule has 1 atom stereocenters. The maximum Gasteiger partial charge on any atom is 0.294 e. The fourth-order valence-corrected chi connectivity index (χ4v) is 1.78. The molecule has 1 rings (SSSR count). The molecule has 3 N–H and O–H groups in total. The average Bonchev–Trinajstić information content (AvgIpc) is 2.35. The molecule has 0 radical (unpaired) electrons. The molecule has 7 nitrogen and oxygen atoms in total. The monoisotopic (exact) mass is 271 g/mol. The van der Waals surface area contributed by atoms with Crippen LogP contribution in [0, 0.1) is 6.92 Å². The van der Waals surface area contributed by atoms with Gasteiger partial charge < -0.3 is 11.2 Å². The molecule has 18 heavy (non-hydrogen) atoms. The zero-order valence-electron chi connectivity index (χ0n) is 10.6. The number of nitrogen functional groups attached to an aromatic ring is 1. The van der Waals surface area contributed by atoms with Crippen LogP contribution in [-0.4, -0.2) is 32.6 Å². The number of carbonyl (C=O) groups is 1. The number of carbonyl (C=O) groups excluding carboxylic acids is 1. The first kappa shape index (κ1) is 14.5. The molecular weight excluding hydrogens is 254 g/mol. The summed E-state index contributed by atoms with van der Waals surface area (Å²) in [6.45, 7) is 5.44. The van der Waals surface area contributed by atoms with Crippen LogP contribution in [0.15, 0.2) is 9.95 Å². The predicted octanol–water partition coefficient (Wildman–Crippen LogP) is -0.333. The van der Waals surface area contributed by atoms with E-state index in [-0.39, 0.29) is 28.6 Å². The van der Waals surface area contributed by atoms with Crippen molar-refractivity contribution in [3.8, 4) is 0 Å². The van der Waals surface area contributed by atoms with Gasteiger partial charge in [-0.15, -0.1) is 10.2 Å². The molecule has 1 heterocycles. The van der Waals surface area contributed by atoms with Crippen molar-refractivity contribution in [1.82, 2.24) is 20.2 Å². The van der Waals surface area contributed by atoms with Crippen molar-refractivity contribution in [2.45, 2.75) is 38.4 Å². The summed E-state index contributed by atoms with van der Waals surface area (Å²) in [6, 6.07) is 0.127. The third-order valence-electron chi connectivity index (χ3n) is 2.37. The lowest BCUT2D eigenvalue weighted by atomic mass is 10.3. The molecule has 0 unspecified atom stereocenters. The van der Waals surface area contributed by atoms with Crippen molar-refractivity contribution in [1.29, 1.82) is 0 Å². The lowest BCUT2D eigenvalue weighted by Gasteiger charge is -2.11. The van der Waals surface area contributed by atoms with E-state index in [2.05, 4.69) is 15.5 Å². The number of hydrogen-bond acceptors (Lipinski definition) is 6. The van der Waals surface area contributed by atoms with Gasteiger partial charge in [0.1, 0.15) is 5.69 Å². The normalized spacial score (nSPS) is 12.2. The molecule has 0 aliphatic heterocycles. The fourth-order valence-electron chi connectivity index (χ4n) is 1.12. The lowest BCUT2D eigenvalue weighted by molar-refractivity contribution is -0.119. The van der Waals surface area contributed by atoms with Crippen molar-refractivity contribution in [2.24, 2.45) is 0 Å². The minimum atomic E-state index is -0.408. The zero-order chi connectivity index (χ0) is 13.7. The average molecular weight is 271 g/mol. The van der Waals surface area contributed by atoms with Crippen molar-refractivity contribution < 1.29 is 4.79 Å². The number of thioether (sulfide) groups is 1. The Morgan fingerprint density at radius 1 is 1.56 bits per heavy atom. The zero-order valence-corrected chi connectivity index (χ0v) is 11.5. The van der Waals surface area contributed by atoms with E-state index in [1.165, 1.54) is 6.92 Å². The second-order valence-electron chi connectivity index (χ2n) is 3.91. The molecule has 8 heteroatoms. The molecule has 1 aromatic rings. The number of nitrogens with one attached hydrogen (secondary N) is 1. The summed E-state index contributed by atoms with van der Waals surface area (Å²) in [7, 11) is 0. The number of aromatic nitrogens is 3. The first-order valence-electron chi connectivity index (χ1n) is 5.59. The van der Waals surface area contributed by atoms with Crippen LogP contribution in [0.1, 0.15) is 26.0 Å². The Labute approximate surface area is 109 Å². The Kier molecular flexibility index (Phi) is 5.14. The summed E-state index contributed by atoms with van der Waals surface area (Å²) in [5.41, 5.74) is -0.180. The van der Waals surface area contributed by atoms with Crippen molar-refractivity contribution >= 4 is 17.7 Å². The second kappa shape index (κ2) is 6.39. The van der Waals surface area contributed by atoms with Crippen molar-refractivity contribution in [2.75, 3.05) is 11.6 Å². The van der Waals surface area contributed by atoms with Gasteiger partial charge in [0, 0.05) is 6.04 Å². The summed E-state index contributed by atoms with van der Waals surface area (Å²) in [5.74, 6) is 5.58. The number of nitrogens with zero attached hydrogens (tertiary/aromatic N) is 3. The number of hydrogen-bond donors (Lipinski definition) is 2. The smallest absolute Gasteiger partial charge is 0.294 e. The maximum absolute atomic E-state index is 11.5. The summed E-state index contributed by atoms with van der Waals surface area (Å²) in [4.78, 5) is 23.0. The van der Waals surface area contributed by atoms with E-state index >= 15 is 0 Å². The first-order valence-corrected chi connectivity index (χ1v) is 6.57. The third-order valence-corrected chi connectivity index (χ3v) is 3.32. The number of amides is 1. The van der Waals surface area contributed by atoms with E-state index in [4.69, 9.17) is 5.84 Å². The molecule has 0 bridgehead atoms. The van der Waals surface area contributed by atoms with E-state index in [1.807, 2.05) is 13.8 Å². The van der Waals surface area contributed by atoms with Crippen LogP contribution in [0.5, 0.6) is 0 Å². The van der Waals surface area contributed by atoms with Gasteiger partial charge in [0.05, 0.1) is 5.75 Å². The van der Waals surface area contributed by atoms with E-state index < -0.39 is 5.56 Å². The minimum Gasteiger partial charge on any atom is -0.353 e. The van der Waals surface area contributed by atoms with Crippen LogP contribution in [0.4, 0.5) is 0 Å². The highest BCUT2D eigenvalue weighted by molar-refractivity contribution is 7.99. The van der Waals surface area contributed by atoms with Crippen LogP contribution in [0.25, 0.3) is 0 Å². The van der Waals surface area contributed by atoms with Crippen molar-refractivity contribution in [3.63, 3.8) is 0 Å². The van der Waals surface area contributed by atoms with Gasteiger partial charge in [-0.05, 0) is 20.3 Å². The van der Waals surface area contributed by atoms with Gasteiger partial charge in [-0.1, -0.05) is 18.7 Å². The van der Waals surface area contributed by atoms with Gasteiger partial charge in [0.2, 0.25) is 11.1 Å². The van der Waals surface area contributed by atoms with Gasteiger partial charge in [-0.2, -0.15) is 4.68 Å². The molecular formula is C10H17N5O2S. The highest BCUT2D eigenvalue weighted by atomic mass is 32.2. The van der Waals surface area contributed by atoms with E-state index in [0.717, 1.165) is 22.9 Å². The molecule has 100 valence electrons.